The van der Waals surface area contributed by atoms with E-state index in [1.54, 1.807) is 13.8 Å². The molecule has 2 heterocycles. The summed E-state index contributed by atoms with van der Waals surface area (Å²) in [5.74, 6) is -3.05. The number of thioether (sulfide) groups is 1. The molecule has 2 aliphatic rings. The van der Waals surface area contributed by atoms with E-state index >= 15 is 0 Å². The quantitative estimate of drug-likeness (QED) is 0.142. The van der Waals surface area contributed by atoms with Gasteiger partial charge in [0, 0.05) is 17.2 Å². The summed E-state index contributed by atoms with van der Waals surface area (Å²) in [6, 6.07) is 8.18. The number of nitrogen functional groups attached to an aromatic ring is 1. The average molecular weight is 542 g/mol. The molecular formula is C25H27N5O7S. The summed E-state index contributed by atoms with van der Waals surface area (Å²) in [7, 11) is 0. The highest BCUT2D eigenvalue weighted by Crippen LogP contribution is 2.50. The topological polar surface area (TPSA) is 186 Å². The fourth-order valence-corrected chi connectivity index (χ4v) is 6.16. The third-order valence-electron chi connectivity index (χ3n) is 6.34. The number of fused-ring (bicyclic) bond motifs is 1. The Labute approximate surface area is 222 Å². The Morgan fingerprint density at radius 3 is 2.29 bits per heavy atom. The minimum atomic E-state index is -1.36. The molecule has 4 rings (SSSR count). The van der Waals surface area contributed by atoms with E-state index in [9.17, 15) is 29.4 Å². The Hall–Kier alpha value is -4.26. The fourth-order valence-electron chi connectivity index (χ4n) is 4.54. The number of β-lactam (4-membered cyclic amide) rings is 1. The summed E-state index contributed by atoms with van der Waals surface area (Å²) < 4.78 is -0.775. The Balaban J connectivity index is 1.62. The van der Waals surface area contributed by atoms with Crippen LogP contribution in [-0.2, 0) is 19.2 Å². The molecule has 0 aromatic heterocycles. The maximum Gasteiger partial charge on any atom is 0.327 e. The molecule has 2 saturated heterocycles. The molecule has 12 nitrogen and oxygen atoms in total. The van der Waals surface area contributed by atoms with Gasteiger partial charge in [0.25, 0.3) is 11.8 Å². The Bertz CT molecular complexity index is 1300. The standard InChI is InChI=1S/C25H27N5O7S/c1-12(31)30(37-16-10-6-14(7-11-16)20(26)27)18(13-4-8-15(32)9-5-13)21(33)28-17-22(34)29-19(24(35)36)25(2,3)38-23(17)29/h4-11,17-19,23,32H,1-3H3,(H3,26,27)(H,28,33)(H,35,36)/t17?,18?,19-,23+/m0/s1. The number of nitrogens with zero attached hydrogens (tertiary/aromatic N) is 2. The molecule has 0 radical (unpaired) electrons. The van der Waals surface area contributed by atoms with Crippen molar-refractivity contribution in [3.05, 3.63) is 59.7 Å². The number of hydroxylamine groups is 2. The Morgan fingerprint density at radius 2 is 1.76 bits per heavy atom. The number of carbonyl (C=O) groups excluding carboxylic acids is 3. The first-order chi connectivity index (χ1) is 17.8. The molecule has 0 bridgehead atoms. The molecule has 3 amide bonds. The van der Waals surface area contributed by atoms with Crippen LogP contribution in [0, 0.1) is 5.41 Å². The first-order valence-electron chi connectivity index (χ1n) is 11.6. The van der Waals surface area contributed by atoms with Crippen molar-refractivity contribution >= 4 is 41.3 Å². The van der Waals surface area contributed by atoms with Gasteiger partial charge in [-0.15, -0.1) is 11.8 Å². The number of nitrogens with one attached hydrogen (secondary N) is 2. The number of aromatic hydroxyl groups is 1. The zero-order valence-corrected chi connectivity index (χ0v) is 21.6. The van der Waals surface area contributed by atoms with E-state index < -0.39 is 51.9 Å². The predicted molar refractivity (Wildman–Crippen MR) is 137 cm³/mol. The molecule has 4 atom stereocenters. The van der Waals surface area contributed by atoms with Crippen LogP contribution in [0.15, 0.2) is 48.5 Å². The number of amidine groups is 1. The van der Waals surface area contributed by atoms with E-state index in [1.807, 2.05) is 0 Å². The highest BCUT2D eigenvalue weighted by atomic mass is 32.2. The zero-order valence-electron chi connectivity index (χ0n) is 20.7. The van der Waals surface area contributed by atoms with Gasteiger partial charge in [-0.1, -0.05) is 12.1 Å². The lowest BCUT2D eigenvalue weighted by Crippen LogP contribution is -2.71. The molecule has 2 aliphatic heterocycles. The summed E-state index contributed by atoms with van der Waals surface area (Å²) >= 11 is 1.28. The second kappa shape index (κ2) is 9.89. The maximum absolute atomic E-state index is 13.6. The monoisotopic (exact) mass is 541 g/mol. The van der Waals surface area contributed by atoms with Crippen molar-refractivity contribution in [3.8, 4) is 11.5 Å². The number of nitrogens with two attached hydrogens (primary N) is 1. The van der Waals surface area contributed by atoms with Crippen LogP contribution in [0.3, 0.4) is 0 Å². The second-order valence-electron chi connectivity index (χ2n) is 9.45. The smallest absolute Gasteiger partial charge is 0.327 e. The fraction of sp³-hybridized carbons (Fsp3) is 0.320. The minimum absolute atomic E-state index is 0.0582. The molecule has 2 aromatic rings. The maximum atomic E-state index is 13.6. The van der Waals surface area contributed by atoms with Gasteiger partial charge >= 0.3 is 5.97 Å². The number of benzene rings is 2. The van der Waals surface area contributed by atoms with E-state index in [2.05, 4.69) is 5.32 Å². The summed E-state index contributed by atoms with van der Waals surface area (Å²) in [5, 5.41) is 29.8. The molecule has 200 valence electrons. The third-order valence-corrected chi connectivity index (χ3v) is 7.92. The van der Waals surface area contributed by atoms with E-state index in [0.29, 0.717) is 11.1 Å². The van der Waals surface area contributed by atoms with Gasteiger partial charge in [0.2, 0.25) is 5.91 Å². The van der Waals surface area contributed by atoms with Crippen molar-refractivity contribution in [2.75, 3.05) is 0 Å². The van der Waals surface area contributed by atoms with Crippen LogP contribution < -0.4 is 15.9 Å². The number of hydrogen-bond acceptors (Lipinski definition) is 8. The SMILES string of the molecule is CC(=O)N(Oc1ccc(C(=N)N)cc1)C(C(=O)NC1C(=O)N2[C@@H]1SC(C)(C)[C@@H]2C(=O)O)c1ccc(O)cc1. The summed E-state index contributed by atoms with van der Waals surface area (Å²) in [6.45, 7) is 4.65. The number of carbonyl (C=O) groups is 4. The molecule has 0 saturated carbocycles. The molecule has 6 N–H and O–H groups in total. The Morgan fingerprint density at radius 1 is 1.16 bits per heavy atom. The molecule has 38 heavy (non-hydrogen) atoms. The number of carboxylic acid groups (broad SMARTS) is 1. The van der Waals surface area contributed by atoms with Crippen molar-refractivity contribution < 1.29 is 34.2 Å². The van der Waals surface area contributed by atoms with Gasteiger partial charge in [0.1, 0.15) is 29.0 Å². The number of carboxylic acids is 1. The zero-order chi connectivity index (χ0) is 27.9. The van der Waals surface area contributed by atoms with Crippen LogP contribution in [0.25, 0.3) is 0 Å². The van der Waals surface area contributed by atoms with Crippen LogP contribution in [0.5, 0.6) is 11.5 Å². The van der Waals surface area contributed by atoms with E-state index in [-0.39, 0.29) is 17.3 Å². The van der Waals surface area contributed by atoms with Crippen molar-refractivity contribution in [2.45, 2.75) is 49.0 Å². The number of amides is 3. The van der Waals surface area contributed by atoms with E-state index in [4.69, 9.17) is 16.0 Å². The van der Waals surface area contributed by atoms with Gasteiger partial charge in [0.15, 0.2) is 11.8 Å². The van der Waals surface area contributed by atoms with Gasteiger partial charge < -0.3 is 31.0 Å². The molecular weight excluding hydrogens is 514 g/mol. The molecule has 13 heteroatoms. The summed E-state index contributed by atoms with van der Waals surface area (Å²) in [5.41, 5.74) is 6.21. The number of hydrogen-bond donors (Lipinski definition) is 5. The lowest BCUT2D eigenvalue weighted by atomic mass is 9.95. The highest BCUT2D eigenvalue weighted by molar-refractivity contribution is 8.01. The largest absolute Gasteiger partial charge is 0.508 e. The number of phenolic OH excluding ortho intramolecular Hbond substituents is 1. The van der Waals surface area contributed by atoms with Crippen LogP contribution in [-0.4, -0.2) is 71.9 Å². The molecule has 2 aromatic carbocycles. The number of aliphatic carboxylic acids is 1. The second-order valence-corrected chi connectivity index (χ2v) is 11.2. The molecule has 2 unspecified atom stereocenters. The number of phenols is 1. The van der Waals surface area contributed by atoms with Crippen molar-refractivity contribution in [2.24, 2.45) is 5.73 Å². The highest BCUT2D eigenvalue weighted by Gasteiger charge is 2.64. The van der Waals surface area contributed by atoms with Crippen molar-refractivity contribution in [3.63, 3.8) is 0 Å². The molecule has 2 fully saturated rings. The summed E-state index contributed by atoms with van der Waals surface area (Å²) in [6.07, 6.45) is 0. The van der Waals surface area contributed by atoms with Crippen molar-refractivity contribution in [1.29, 1.82) is 5.41 Å². The predicted octanol–water partition coefficient (Wildman–Crippen LogP) is 1.19. The normalized spacial score (nSPS) is 22.0. The van der Waals surface area contributed by atoms with Crippen LogP contribution >= 0.6 is 11.8 Å². The van der Waals surface area contributed by atoms with Gasteiger partial charge in [-0.25, -0.2) is 4.79 Å². The van der Waals surface area contributed by atoms with E-state index in [0.717, 1.165) is 5.06 Å². The van der Waals surface area contributed by atoms with E-state index in [1.165, 1.54) is 72.1 Å². The van der Waals surface area contributed by atoms with Crippen LogP contribution in [0.2, 0.25) is 0 Å². The Kier molecular flexibility index (Phi) is 6.98. The molecule has 0 spiro atoms. The number of rotatable bonds is 8. The first kappa shape index (κ1) is 26.8. The lowest BCUT2D eigenvalue weighted by molar-refractivity contribution is -0.172. The lowest BCUT2D eigenvalue weighted by Gasteiger charge is -2.44. The van der Waals surface area contributed by atoms with Crippen LogP contribution in [0.4, 0.5) is 0 Å². The first-order valence-corrected chi connectivity index (χ1v) is 12.4. The molecule has 0 aliphatic carbocycles. The van der Waals surface area contributed by atoms with Gasteiger partial charge in [0.05, 0.1) is 0 Å². The third kappa shape index (κ3) is 4.84. The van der Waals surface area contributed by atoms with Crippen LogP contribution in [0.1, 0.15) is 37.9 Å². The van der Waals surface area contributed by atoms with Gasteiger partial charge in [-0.2, -0.15) is 5.06 Å². The van der Waals surface area contributed by atoms with Crippen molar-refractivity contribution in [1.82, 2.24) is 15.3 Å². The average Bonchev–Trinajstić information content (AvgIpc) is 3.11. The summed E-state index contributed by atoms with van der Waals surface area (Å²) in [4.78, 5) is 58.1. The minimum Gasteiger partial charge on any atom is -0.508 e. The van der Waals surface area contributed by atoms with Gasteiger partial charge in [-0.3, -0.25) is 19.8 Å². The van der Waals surface area contributed by atoms with Gasteiger partial charge in [-0.05, 0) is 55.8 Å².